The van der Waals surface area contributed by atoms with Crippen molar-refractivity contribution in [1.82, 2.24) is 9.97 Å². The molecule has 0 bridgehead atoms. The first-order valence-electron chi connectivity index (χ1n) is 7.45. The SMILES string of the molecule is Cc1ccc(Nc2ccnc(NCc3ccccc3Cl)n2)cc1Cl. The molecule has 0 saturated carbocycles. The Morgan fingerprint density at radius 2 is 1.83 bits per heavy atom. The van der Waals surface area contributed by atoms with Gasteiger partial charge in [0.2, 0.25) is 5.95 Å². The molecular formula is C18H16Cl2N4. The summed E-state index contributed by atoms with van der Waals surface area (Å²) >= 11 is 12.3. The van der Waals surface area contributed by atoms with E-state index >= 15 is 0 Å². The summed E-state index contributed by atoms with van der Waals surface area (Å²) in [7, 11) is 0. The Hall–Kier alpha value is -2.30. The van der Waals surface area contributed by atoms with E-state index in [0.717, 1.165) is 16.8 Å². The van der Waals surface area contributed by atoms with Gasteiger partial charge in [0.15, 0.2) is 0 Å². The molecule has 2 aromatic carbocycles. The average molecular weight is 359 g/mol. The number of hydrogen-bond donors (Lipinski definition) is 2. The largest absolute Gasteiger partial charge is 0.350 e. The molecule has 0 aliphatic heterocycles. The van der Waals surface area contributed by atoms with E-state index in [4.69, 9.17) is 23.2 Å². The summed E-state index contributed by atoms with van der Waals surface area (Å²) in [5.41, 5.74) is 2.90. The number of nitrogens with one attached hydrogen (secondary N) is 2. The summed E-state index contributed by atoms with van der Waals surface area (Å²) in [6, 6.07) is 15.3. The van der Waals surface area contributed by atoms with Crippen molar-refractivity contribution < 1.29 is 0 Å². The number of aryl methyl sites for hydroxylation is 1. The zero-order valence-corrected chi connectivity index (χ0v) is 14.6. The monoisotopic (exact) mass is 358 g/mol. The fourth-order valence-corrected chi connectivity index (χ4v) is 2.53. The Balaban J connectivity index is 1.69. The molecule has 0 aliphatic carbocycles. The van der Waals surface area contributed by atoms with Crippen LogP contribution in [0.15, 0.2) is 54.7 Å². The quantitative estimate of drug-likeness (QED) is 0.636. The third-order valence-electron chi connectivity index (χ3n) is 3.49. The van der Waals surface area contributed by atoms with E-state index in [1.54, 1.807) is 12.3 Å². The molecule has 0 amide bonds. The van der Waals surface area contributed by atoms with Crippen LogP contribution in [-0.2, 0) is 6.54 Å². The number of aromatic nitrogens is 2. The maximum absolute atomic E-state index is 6.15. The van der Waals surface area contributed by atoms with Crippen LogP contribution in [0.5, 0.6) is 0 Å². The fraction of sp³-hybridized carbons (Fsp3) is 0.111. The first-order valence-corrected chi connectivity index (χ1v) is 8.21. The Kier molecular flexibility index (Phi) is 5.18. The predicted octanol–water partition coefficient (Wildman–Crippen LogP) is 5.45. The van der Waals surface area contributed by atoms with E-state index in [-0.39, 0.29) is 0 Å². The van der Waals surface area contributed by atoms with Crippen molar-refractivity contribution in [1.29, 1.82) is 0 Å². The number of hydrogen-bond acceptors (Lipinski definition) is 4. The zero-order chi connectivity index (χ0) is 16.9. The molecule has 1 heterocycles. The van der Waals surface area contributed by atoms with Crippen molar-refractivity contribution >= 4 is 40.7 Å². The number of anilines is 3. The topological polar surface area (TPSA) is 49.8 Å². The molecule has 0 unspecified atom stereocenters. The highest BCUT2D eigenvalue weighted by Crippen LogP contribution is 2.23. The summed E-state index contributed by atoms with van der Waals surface area (Å²) < 4.78 is 0. The first-order chi connectivity index (χ1) is 11.6. The normalized spacial score (nSPS) is 10.5. The van der Waals surface area contributed by atoms with Gasteiger partial charge in [0, 0.05) is 28.5 Å². The molecule has 1 aromatic heterocycles. The minimum Gasteiger partial charge on any atom is -0.350 e. The van der Waals surface area contributed by atoms with Crippen molar-refractivity contribution in [3.63, 3.8) is 0 Å². The molecular weight excluding hydrogens is 343 g/mol. The first kappa shape index (κ1) is 16.6. The summed E-state index contributed by atoms with van der Waals surface area (Å²) in [5, 5.41) is 7.83. The Morgan fingerprint density at radius 3 is 2.62 bits per heavy atom. The molecule has 0 atom stereocenters. The predicted molar refractivity (Wildman–Crippen MR) is 100 cm³/mol. The maximum Gasteiger partial charge on any atom is 0.224 e. The van der Waals surface area contributed by atoms with Crippen LogP contribution >= 0.6 is 23.2 Å². The number of nitrogens with zero attached hydrogens (tertiary/aromatic N) is 2. The minimum atomic E-state index is 0.526. The van der Waals surface area contributed by atoms with E-state index in [9.17, 15) is 0 Å². The van der Waals surface area contributed by atoms with Gasteiger partial charge in [-0.05, 0) is 42.3 Å². The molecule has 2 N–H and O–H groups in total. The molecule has 6 heteroatoms. The summed E-state index contributed by atoms with van der Waals surface area (Å²) in [4.78, 5) is 8.67. The highest BCUT2D eigenvalue weighted by Gasteiger charge is 2.03. The van der Waals surface area contributed by atoms with Crippen molar-refractivity contribution in [2.75, 3.05) is 10.6 Å². The van der Waals surface area contributed by atoms with Crippen molar-refractivity contribution in [2.45, 2.75) is 13.5 Å². The molecule has 3 rings (SSSR count). The van der Waals surface area contributed by atoms with Crippen LogP contribution < -0.4 is 10.6 Å². The van der Waals surface area contributed by atoms with Gasteiger partial charge >= 0.3 is 0 Å². The van der Waals surface area contributed by atoms with Crippen LogP contribution in [0, 0.1) is 6.92 Å². The van der Waals surface area contributed by atoms with Crippen LogP contribution in [0.2, 0.25) is 10.0 Å². The van der Waals surface area contributed by atoms with Gasteiger partial charge in [0.05, 0.1) is 0 Å². The molecule has 122 valence electrons. The van der Waals surface area contributed by atoms with Gasteiger partial charge in [0.1, 0.15) is 5.82 Å². The van der Waals surface area contributed by atoms with Gasteiger partial charge in [-0.1, -0.05) is 47.5 Å². The van der Waals surface area contributed by atoms with Gasteiger partial charge in [-0.15, -0.1) is 0 Å². The smallest absolute Gasteiger partial charge is 0.224 e. The Morgan fingerprint density at radius 1 is 1.00 bits per heavy atom. The lowest BCUT2D eigenvalue weighted by Crippen LogP contribution is -2.05. The number of benzene rings is 2. The van der Waals surface area contributed by atoms with Gasteiger partial charge < -0.3 is 10.6 Å². The second-order valence-electron chi connectivity index (χ2n) is 5.30. The minimum absolute atomic E-state index is 0.526. The fourth-order valence-electron chi connectivity index (χ4n) is 2.15. The van der Waals surface area contributed by atoms with Gasteiger partial charge in [-0.2, -0.15) is 4.98 Å². The third kappa shape index (κ3) is 4.16. The van der Waals surface area contributed by atoms with Gasteiger partial charge in [-0.3, -0.25) is 0 Å². The second-order valence-corrected chi connectivity index (χ2v) is 6.11. The van der Waals surface area contributed by atoms with E-state index < -0.39 is 0 Å². The van der Waals surface area contributed by atoms with Crippen LogP contribution in [0.1, 0.15) is 11.1 Å². The van der Waals surface area contributed by atoms with Crippen LogP contribution in [-0.4, -0.2) is 9.97 Å². The highest BCUT2D eigenvalue weighted by molar-refractivity contribution is 6.31. The van der Waals surface area contributed by atoms with Crippen molar-refractivity contribution in [2.24, 2.45) is 0 Å². The standard InChI is InChI=1S/C18H16Cl2N4/c1-12-6-7-14(10-16(12)20)23-17-8-9-21-18(24-17)22-11-13-4-2-3-5-15(13)19/h2-10H,11H2,1H3,(H2,21,22,23,24). The maximum atomic E-state index is 6.15. The summed E-state index contributed by atoms with van der Waals surface area (Å²) in [5.74, 6) is 1.21. The summed E-state index contributed by atoms with van der Waals surface area (Å²) in [6.07, 6.45) is 1.69. The Labute approximate surface area is 150 Å². The molecule has 3 aromatic rings. The van der Waals surface area contributed by atoms with Gasteiger partial charge in [-0.25, -0.2) is 4.98 Å². The van der Waals surface area contributed by atoms with Crippen molar-refractivity contribution in [3.8, 4) is 0 Å². The van der Waals surface area contributed by atoms with Crippen LogP contribution in [0.3, 0.4) is 0 Å². The van der Waals surface area contributed by atoms with E-state index in [1.165, 1.54) is 0 Å². The lowest BCUT2D eigenvalue weighted by atomic mass is 10.2. The molecule has 0 saturated heterocycles. The molecule has 4 nitrogen and oxygen atoms in total. The lowest BCUT2D eigenvalue weighted by molar-refractivity contribution is 1.06. The Bertz CT molecular complexity index is 852. The van der Waals surface area contributed by atoms with Crippen LogP contribution in [0.4, 0.5) is 17.5 Å². The second kappa shape index (κ2) is 7.51. The summed E-state index contributed by atoms with van der Waals surface area (Å²) in [6.45, 7) is 2.52. The van der Waals surface area contributed by atoms with E-state index in [1.807, 2.05) is 49.4 Å². The highest BCUT2D eigenvalue weighted by atomic mass is 35.5. The van der Waals surface area contributed by atoms with Crippen molar-refractivity contribution in [3.05, 3.63) is 75.9 Å². The zero-order valence-electron chi connectivity index (χ0n) is 13.1. The number of rotatable bonds is 5. The molecule has 0 aliphatic rings. The number of halogens is 2. The van der Waals surface area contributed by atoms with E-state index in [0.29, 0.717) is 28.4 Å². The molecule has 0 radical (unpaired) electrons. The molecule has 0 fully saturated rings. The molecule has 24 heavy (non-hydrogen) atoms. The van der Waals surface area contributed by atoms with Crippen LogP contribution in [0.25, 0.3) is 0 Å². The molecule has 0 spiro atoms. The lowest BCUT2D eigenvalue weighted by Gasteiger charge is -2.10. The van der Waals surface area contributed by atoms with Gasteiger partial charge in [0.25, 0.3) is 0 Å². The average Bonchev–Trinajstić information content (AvgIpc) is 2.58. The third-order valence-corrected chi connectivity index (χ3v) is 4.27. The van der Waals surface area contributed by atoms with E-state index in [2.05, 4.69) is 20.6 Å².